The molecule has 0 N–H and O–H groups in total. The number of ether oxygens (including phenoxy) is 3. The number of carbonyl (C=O) groups is 3. The van der Waals surface area contributed by atoms with Gasteiger partial charge < -0.3 is 14.2 Å². The van der Waals surface area contributed by atoms with Crippen molar-refractivity contribution < 1.29 is 28.6 Å². The van der Waals surface area contributed by atoms with Gasteiger partial charge in [0.15, 0.2) is 11.5 Å². The van der Waals surface area contributed by atoms with Gasteiger partial charge in [-0.1, -0.05) is 11.6 Å². The maximum absolute atomic E-state index is 12.4. The van der Waals surface area contributed by atoms with Gasteiger partial charge in [-0.15, -0.1) is 0 Å². The van der Waals surface area contributed by atoms with Crippen LogP contribution in [0.3, 0.4) is 0 Å². The Kier molecular flexibility index (Phi) is 6.55. The van der Waals surface area contributed by atoms with Gasteiger partial charge in [-0.25, -0.2) is 0 Å². The van der Waals surface area contributed by atoms with E-state index in [9.17, 15) is 14.4 Å². The summed E-state index contributed by atoms with van der Waals surface area (Å²) in [5, 5.41) is -0.230. The largest absolute Gasteiger partial charge is 0.493 e. The zero-order chi connectivity index (χ0) is 19.4. The second-order valence-corrected chi connectivity index (χ2v) is 6.95. The highest BCUT2D eigenvalue weighted by molar-refractivity contribution is 8.18. The summed E-state index contributed by atoms with van der Waals surface area (Å²) in [6.45, 7) is 2.95. The topological polar surface area (TPSA) is 82.1 Å². The first kappa shape index (κ1) is 20.1. The van der Waals surface area contributed by atoms with Gasteiger partial charge >= 0.3 is 5.97 Å². The van der Waals surface area contributed by atoms with E-state index in [0.29, 0.717) is 22.1 Å². The van der Waals surface area contributed by atoms with Crippen molar-refractivity contribution in [2.75, 3.05) is 20.8 Å². The summed E-state index contributed by atoms with van der Waals surface area (Å²) in [4.78, 5) is 37.2. The Hall–Kier alpha value is -2.19. The molecule has 1 fully saturated rings. The third kappa shape index (κ3) is 4.50. The molecule has 1 aromatic carbocycles. The lowest BCUT2D eigenvalue weighted by Gasteiger charge is -2.13. The maximum atomic E-state index is 12.4. The van der Waals surface area contributed by atoms with Crippen LogP contribution in [-0.4, -0.2) is 48.9 Å². The Morgan fingerprint density at radius 3 is 2.54 bits per heavy atom. The van der Waals surface area contributed by atoms with Crippen LogP contribution in [0.5, 0.6) is 11.5 Å². The number of carbonyl (C=O) groups excluding carboxylic acids is 3. The molecule has 0 spiro atoms. The average molecular weight is 400 g/mol. The Morgan fingerprint density at radius 2 is 1.96 bits per heavy atom. The quantitative estimate of drug-likeness (QED) is 0.535. The number of thioether (sulfide) groups is 1. The molecule has 0 saturated carbocycles. The van der Waals surface area contributed by atoms with Crippen LogP contribution < -0.4 is 9.47 Å². The van der Waals surface area contributed by atoms with Gasteiger partial charge in [-0.2, -0.15) is 0 Å². The summed E-state index contributed by atoms with van der Waals surface area (Å²) in [6, 6.07) is 3.22. The molecule has 0 bridgehead atoms. The standard InChI is InChI=1S/C17H18ClNO6S/c1-9(2)25-14(20)8-19-16(21)13(26-17(19)22)7-10-5-11(18)15(24-4)12(6-10)23-3/h5-7,9H,8H2,1-4H3. The molecule has 1 aliphatic heterocycles. The molecule has 140 valence electrons. The minimum atomic E-state index is -0.641. The van der Waals surface area contributed by atoms with Crippen molar-refractivity contribution in [1.82, 2.24) is 4.90 Å². The molecule has 26 heavy (non-hydrogen) atoms. The lowest BCUT2D eigenvalue weighted by molar-refractivity contribution is -0.149. The van der Waals surface area contributed by atoms with Crippen molar-refractivity contribution in [1.29, 1.82) is 0 Å². The summed E-state index contributed by atoms with van der Waals surface area (Å²) in [5.74, 6) is -0.439. The summed E-state index contributed by atoms with van der Waals surface area (Å²) in [5.41, 5.74) is 0.558. The first-order valence-corrected chi connectivity index (χ1v) is 8.82. The minimum absolute atomic E-state index is 0.177. The summed E-state index contributed by atoms with van der Waals surface area (Å²) < 4.78 is 15.3. The Balaban J connectivity index is 2.25. The molecule has 0 aliphatic carbocycles. The first-order chi connectivity index (χ1) is 12.3. The van der Waals surface area contributed by atoms with Crippen LogP contribution in [-0.2, 0) is 14.3 Å². The molecule has 1 heterocycles. The number of imide groups is 1. The summed E-state index contributed by atoms with van der Waals surface area (Å²) >= 11 is 6.89. The predicted octanol–water partition coefficient (Wildman–Crippen LogP) is 3.35. The molecule has 0 unspecified atom stereocenters. The molecule has 1 aromatic rings. The van der Waals surface area contributed by atoms with Crippen LogP contribution >= 0.6 is 23.4 Å². The second kappa shape index (κ2) is 8.46. The number of hydrogen-bond donors (Lipinski definition) is 0. The number of rotatable bonds is 6. The fourth-order valence-corrected chi connectivity index (χ4v) is 3.37. The Bertz CT molecular complexity index is 777. The second-order valence-electron chi connectivity index (χ2n) is 5.54. The third-order valence-electron chi connectivity index (χ3n) is 3.28. The van der Waals surface area contributed by atoms with Crippen LogP contribution in [0.25, 0.3) is 6.08 Å². The van der Waals surface area contributed by atoms with Crippen molar-refractivity contribution in [2.45, 2.75) is 20.0 Å². The smallest absolute Gasteiger partial charge is 0.326 e. The van der Waals surface area contributed by atoms with E-state index in [4.69, 9.17) is 25.8 Å². The van der Waals surface area contributed by atoms with Crippen molar-refractivity contribution in [3.05, 3.63) is 27.6 Å². The number of benzene rings is 1. The third-order valence-corrected chi connectivity index (χ3v) is 4.47. The highest BCUT2D eigenvalue weighted by atomic mass is 35.5. The van der Waals surface area contributed by atoms with Gasteiger partial charge in [0.1, 0.15) is 6.54 Å². The first-order valence-electron chi connectivity index (χ1n) is 7.63. The molecule has 0 atom stereocenters. The van der Waals surface area contributed by atoms with Crippen LogP contribution in [0.4, 0.5) is 4.79 Å². The fraction of sp³-hybridized carbons (Fsp3) is 0.353. The number of esters is 1. The van der Waals surface area contributed by atoms with Gasteiger partial charge in [-0.05, 0) is 49.4 Å². The van der Waals surface area contributed by atoms with E-state index in [2.05, 4.69) is 0 Å². The number of halogens is 1. The number of amides is 2. The molecule has 0 radical (unpaired) electrons. The monoisotopic (exact) mass is 399 g/mol. The van der Waals surface area contributed by atoms with Crippen molar-refractivity contribution in [3.63, 3.8) is 0 Å². The van der Waals surface area contributed by atoms with Gasteiger partial charge in [-0.3, -0.25) is 19.3 Å². The lowest BCUT2D eigenvalue weighted by atomic mass is 10.2. The van der Waals surface area contributed by atoms with Gasteiger partial charge in [0.2, 0.25) is 0 Å². The predicted molar refractivity (Wildman–Crippen MR) is 98.5 cm³/mol. The number of hydrogen-bond acceptors (Lipinski definition) is 7. The highest BCUT2D eigenvalue weighted by Crippen LogP contribution is 2.38. The van der Waals surface area contributed by atoms with Crippen LogP contribution in [0.1, 0.15) is 19.4 Å². The molecule has 9 heteroatoms. The van der Waals surface area contributed by atoms with Gasteiger partial charge in [0.25, 0.3) is 11.1 Å². The van der Waals surface area contributed by atoms with Crippen LogP contribution in [0, 0.1) is 0 Å². The van der Waals surface area contributed by atoms with Crippen LogP contribution in [0.2, 0.25) is 5.02 Å². The zero-order valence-corrected chi connectivity index (χ0v) is 16.3. The SMILES string of the molecule is COc1cc(C=C2SC(=O)N(CC(=O)OC(C)C)C2=O)cc(Cl)c1OC. The van der Waals surface area contributed by atoms with Crippen molar-refractivity contribution in [2.24, 2.45) is 0 Å². The number of nitrogens with zero attached hydrogens (tertiary/aromatic N) is 1. The fourth-order valence-electron chi connectivity index (χ4n) is 2.24. The molecule has 2 amide bonds. The van der Waals surface area contributed by atoms with Crippen LogP contribution in [0.15, 0.2) is 17.0 Å². The van der Waals surface area contributed by atoms with E-state index in [-0.39, 0.29) is 11.0 Å². The highest BCUT2D eigenvalue weighted by Gasteiger charge is 2.36. The summed E-state index contributed by atoms with van der Waals surface area (Å²) in [6.07, 6.45) is 1.18. The molecular formula is C17H18ClNO6S. The molecular weight excluding hydrogens is 382 g/mol. The zero-order valence-electron chi connectivity index (χ0n) is 14.7. The maximum Gasteiger partial charge on any atom is 0.326 e. The van der Waals surface area contributed by atoms with Crippen molar-refractivity contribution in [3.8, 4) is 11.5 Å². The van der Waals surface area contributed by atoms with E-state index in [1.165, 1.54) is 20.3 Å². The molecule has 0 aromatic heterocycles. The van der Waals surface area contributed by atoms with Gasteiger partial charge in [0, 0.05) is 0 Å². The van der Waals surface area contributed by atoms with E-state index < -0.39 is 23.7 Å². The molecule has 2 rings (SSSR count). The number of methoxy groups -OCH3 is 2. The normalized spacial score (nSPS) is 15.8. The van der Waals surface area contributed by atoms with Crippen molar-refractivity contribution >= 4 is 46.6 Å². The lowest BCUT2D eigenvalue weighted by Crippen LogP contribution is -2.35. The Morgan fingerprint density at radius 1 is 1.27 bits per heavy atom. The van der Waals surface area contributed by atoms with Gasteiger partial charge in [0.05, 0.1) is 30.3 Å². The van der Waals surface area contributed by atoms with E-state index >= 15 is 0 Å². The average Bonchev–Trinajstić information content (AvgIpc) is 2.81. The van der Waals surface area contributed by atoms with E-state index in [0.717, 1.165) is 16.7 Å². The Labute approximate surface area is 160 Å². The minimum Gasteiger partial charge on any atom is -0.493 e. The molecule has 1 aliphatic rings. The van der Waals surface area contributed by atoms with E-state index in [1.807, 2.05) is 0 Å². The summed E-state index contributed by atoms with van der Waals surface area (Å²) in [7, 11) is 2.93. The molecule has 1 saturated heterocycles. The van der Waals surface area contributed by atoms with E-state index in [1.54, 1.807) is 26.0 Å². The molecule has 7 nitrogen and oxygen atoms in total.